The summed E-state index contributed by atoms with van der Waals surface area (Å²) >= 11 is 0. The standard InChI is InChI=1S/C26H25F2N5O2S/c1-15-7-16(9-18(29)8-15)21-5-6-30-13-17(21)10-25-31-14-19-3-4-24(32-33(19)25)26-22(27)11-20(12-23(26)28)36(2,34)35/h3-6,8,11-14,16,18H,7,9-10,29H2,1-2H3/t16-,18+/m1/s1. The molecular weight excluding hydrogens is 484 g/mol. The molecule has 0 fully saturated rings. The number of nitrogens with two attached hydrogens (primary N) is 1. The van der Waals surface area contributed by atoms with Crippen molar-refractivity contribution in [1.29, 1.82) is 0 Å². The minimum absolute atomic E-state index is 0.000114. The van der Waals surface area contributed by atoms with Gasteiger partial charge >= 0.3 is 0 Å². The van der Waals surface area contributed by atoms with Crippen LogP contribution in [0.5, 0.6) is 0 Å². The molecule has 0 aliphatic heterocycles. The fourth-order valence-electron chi connectivity index (χ4n) is 4.89. The quantitative estimate of drug-likeness (QED) is 0.404. The van der Waals surface area contributed by atoms with E-state index in [0.717, 1.165) is 42.4 Å². The van der Waals surface area contributed by atoms with Crippen LogP contribution in [-0.4, -0.2) is 40.3 Å². The number of pyridine rings is 1. The van der Waals surface area contributed by atoms with E-state index in [1.807, 2.05) is 12.3 Å². The smallest absolute Gasteiger partial charge is 0.175 e. The molecule has 0 spiro atoms. The number of allylic oxidation sites excluding steroid dienone is 1. The fraction of sp³-hybridized carbons (Fsp3) is 0.269. The van der Waals surface area contributed by atoms with Crippen LogP contribution in [0, 0.1) is 11.6 Å². The highest BCUT2D eigenvalue weighted by atomic mass is 32.2. The molecule has 3 aromatic heterocycles. The lowest BCUT2D eigenvalue weighted by Crippen LogP contribution is -2.25. The summed E-state index contributed by atoms with van der Waals surface area (Å²) < 4.78 is 54.7. The maximum absolute atomic E-state index is 14.8. The van der Waals surface area contributed by atoms with E-state index in [2.05, 4.69) is 28.1 Å². The van der Waals surface area contributed by atoms with Crippen molar-refractivity contribution in [1.82, 2.24) is 19.6 Å². The Morgan fingerprint density at radius 2 is 1.89 bits per heavy atom. The minimum Gasteiger partial charge on any atom is -0.324 e. The highest BCUT2D eigenvalue weighted by Gasteiger charge is 2.24. The molecule has 0 saturated carbocycles. The fourth-order valence-corrected chi connectivity index (χ4v) is 5.52. The Morgan fingerprint density at radius 1 is 1.14 bits per heavy atom. The summed E-state index contributed by atoms with van der Waals surface area (Å²) in [5.74, 6) is -1.16. The third-order valence-electron chi connectivity index (χ3n) is 6.51. The van der Waals surface area contributed by atoms with Gasteiger partial charge in [-0.15, -0.1) is 0 Å². The molecule has 5 rings (SSSR count). The largest absolute Gasteiger partial charge is 0.324 e. The minimum atomic E-state index is -3.77. The Balaban J connectivity index is 1.53. The Labute approximate surface area is 207 Å². The number of imidazole rings is 1. The molecule has 0 unspecified atom stereocenters. The van der Waals surface area contributed by atoms with Crippen LogP contribution in [0.3, 0.4) is 0 Å². The maximum Gasteiger partial charge on any atom is 0.175 e. The number of hydrogen-bond donors (Lipinski definition) is 1. The van der Waals surface area contributed by atoms with Gasteiger partial charge in [-0.05, 0) is 67.1 Å². The molecule has 2 N–H and O–H groups in total. The van der Waals surface area contributed by atoms with Crippen molar-refractivity contribution in [3.8, 4) is 11.3 Å². The molecule has 186 valence electrons. The molecule has 1 aliphatic carbocycles. The van der Waals surface area contributed by atoms with Gasteiger partial charge < -0.3 is 5.73 Å². The number of sulfone groups is 1. The van der Waals surface area contributed by atoms with Crippen molar-refractivity contribution < 1.29 is 17.2 Å². The van der Waals surface area contributed by atoms with Crippen molar-refractivity contribution in [2.45, 2.75) is 43.0 Å². The monoisotopic (exact) mass is 509 g/mol. The lowest BCUT2D eigenvalue weighted by atomic mass is 9.80. The van der Waals surface area contributed by atoms with Gasteiger partial charge in [-0.1, -0.05) is 11.6 Å². The Hall–Kier alpha value is -3.50. The Kier molecular flexibility index (Phi) is 6.17. The Morgan fingerprint density at radius 3 is 2.58 bits per heavy atom. The van der Waals surface area contributed by atoms with Gasteiger partial charge in [-0.25, -0.2) is 26.7 Å². The van der Waals surface area contributed by atoms with Crippen LogP contribution in [0.25, 0.3) is 16.8 Å². The molecule has 4 aromatic rings. The summed E-state index contributed by atoms with van der Waals surface area (Å²) in [4.78, 5) is 8.38. The van der Waals surface area contributed by atoms with Crippen LogP contribution in [0.4, 0.5) is 8.78 Å². The van der Waals surface area contributed by atoms with E-state index in [0.29, 0.717) is 17.8 Å². The van der Waals surface area contributed by atoms with Gasteiger partial charge in [0, 0.05) is 31.1 Å². The molecular formula is C26H25F2N5O2S. The van der Waals surface area contributed by atoms with E-state index >= 15 is 0 Å². The van der Waals surface area contributed by atoms with E-state index in [9.17, 15) is 17.2 Å². The van der Waals surface area contributed by atoms with Gasteiger partial charge in [0.15, 0.2) is 9.84 Å². The summed E-state index contributed by atoms with van der Waals surface area (Å²) in [7, 11) is -3.77. The second-order valence-electron chi connectivity index (χ2n) is 9.33. The van der Waals surface area contributed by atoms with Crippen molar-refractivity contribution in [2.75, 3.05) is 6.26 Å². The summed E-state index contributed by atoms with van der Waals surface area (Å²) in [5.41, 5.74) is 9.91. The van der Waals surface area contributed by atoms with Crippen molar-refractivity contribution >= 4 is 15.4 Å². The molecule has 7 nitrogen and oxygen atoms in total. The lowest BCUT2D eigenvalue weighted by molar-refractivity contribution is 0.541. The van der Waals surface area contributed by atoms with Crippen molar-refractivity contribution in [3.05, 3.63) is 89.2 Å². The zero-order chi connectivity index (χ0) is 25.6. The van der Waals surface area contributed by atoms with E-state index in [1.165, 1.54) is 11.6 Å². The summed E-state index contributed by atoms with van der Waals surface area (Å²) in [6.07, 6.45) is 10.4. The van der Waals surface area contributed by atoms with Crippen LogP contribution >= 0.6 is 0 Å². The van der Waals surface area contributed by atoms with Gasteiger partial charge in [-0.3, -0.25) is 4.98 Å². The molecule has 0 radical (unpaired) electrons. The lowest BCUT2D eigenvalue weighted by Gasteiger charge is -2.27. The number of hydrogen-bond acceptors (Lipinski definition) is 6. The van der Waals surface area contributed by atoms with Crippen molar-refractivity contribution in [3.63, 3.8) is 0 Å². The van der Waals surface area contributed by atoms with E-state index in [1.54, 1.807) is 23.0 Å². The number of nitrogens with zero attached hydrogens (tertiary/aromatic N) is 4. The van der Waals surface area contributed by atoms with Crippen molar-refractivity contribution in [2.24, 2.45) is 5.73 Å². The van der Waals surface area contributed by atoms with Gasteiger partial charge in [0.25, 0.3) is 0 Å². The number of halogens is 2. The van der Waals surface area contributed by atoms with Crippen LogP contribution in [0.1, 0.15) is 42.6 Å². The van der Waals surface area contributed by atoms with Crippen LogP contribution in [0.2, 0.25) is 0 Å². The highest BCUT2D eigenvalue weighted by Crippen LogP contribution is 2.34. The van der Waals surface area contributed by atoms with E-state index in [-0.39, 0.29) is 17.7 Å². The van der Waals surface area contributed by atoms with Crippen LogP contribution in [-0.2, 0) is 16.3 Å². The number of fused-ring (bicyclic) bond motifs is 1. The van der Waals surface area contributed by atoms with Gasteiger partial charge in [-0.2, -0.15) is 5.10 Å². The molecule has 0 amide bonds. The van der Waals surface area contributed by atoms with E-state index in [4.69, 9.17) is 5.73 Å². The average molecular weight is 510 g/mol. The van der Waals surface area contributed by atoms with E-state index < -0.39 is 31.9 Å². The van der Waals surface area contributed by atoms with Gasteiger partial charge in [0.05, 0.1) is 27.9 Å². The normalized spacial score (nSPS) is 18.4. The number of rotatable bonds is 5. The summed E-state index contributed by atoms with van der Waals surface area (Å²) in [5, 5.41) is 4.46. The molecule has 36 heavy (non-hydrogen) atoms. The first-order valence-electron chi connectivity index (χ1n) is 11.5. The topological polar surface area (TPSA) is 103 Å². The first kappa shape index (κ1) is 24.2. The average Bonchev–Trinajstić information content (AvgIpc) is 3.20. The second kappa shape index (κ2) is 9.18. The van der Waals surface area contributed by atoms with Crippen LogP contribution in [0.15, 0.2) is 65.5 Å². The summed E-state index contributed by atoms with van der Waals surface area (Å²) in [6, 6.07) is 6.77. The predicted octanol–water partition coefficient (Wildman–Crippen LogP) is 4.21. The first-order chi connectivity index (χ1) is 17.1. The third-order valence-corrected chi connectivity index (χ3v) is 7.60. The zero-order valence-electron chi connectivity index (χ0n) is 19.8. The van der Waals surface area contributed by atoms with Gasteiger partial charge in [0.2, 0.25) is 0 Å². The highest BCUT2D eigenvalue weighted by molar-refractivity contribution is 7.90. The molecule has 10 heteroatoms. The molecule has 3 heterocycles. The molecule has 2 atom stereocenters. The number of benzene rings is 1. The molecule has 1 aliphatic rings. The van der Waals surface area contributed by atoms with Gasteiger partial charge in [0.1, 0.15) is 17.5 Å². The molecule has 0 saturated heterocycles. The Bertz CT molecular complexity index is 1590. The first-order valence-corrected chi connectivity index (χ1v) is 13.4. The maximum atomic E-state index is 14.8. The third kappa shape index (κ3) is 4.66. The number of aromatic nitrogens is 4. The zero-order valence-corrected chi connectivity index (χ0v) is 20.6. The second-order valence-corrected chi connectivity index (χ2v) is 11.3. The predicted molar refractivity (Wildman–Crippen MR) is 132 cm³/mol. The molecule has 1 aromatic carbocycles. The SMILES string of the molecule is CC1=C[C@H](N)C[C@H](c2ccncc2Cc2ncc3ccc(-c4c(F)cc(S(C)(=O)=O)cc4F)nn23)C1. The molecule has 0 bridgehead atoms. The summed E-state index contributed by atoms with van der Waals surface area (Å²) in [6.45, 7) is 2.08. The van der Waals surface area contributed by atoms with Crippen LogP contribution < -0.4 is 5.73 Å².